The molecule has 1 aliphatic rings. The summed E-state index contributed by atoms with van der Waals surface area (Å²) in [4.78, 5) is 15.7. The van der Waals surface area contributed by atoms with Crippen LogP contribution in [0, 0.1) is 6.92 Å². The Kier molecular flexibility index (Phi) is 5.99. The molecule has 3 aromatic rings. The first-order valence-electron chi connectivity index (χ1n) is 10.0. The van der Waals surface area contributed by atoms with Gasteiger partial charge in [-0.1, -0.05) is 17.7 Å². The van der Waals surface area contributed by atoms with E-state index in [-0.39, 0.29) is 36.6 Å². The Hall–Kier alpha value is -2.88. The first kappa shape index (κ1) is 21.4. The molecule has 0 radical (unpaired) electrons. The van der Waals surface area contributed by atoms with Gasteiger partial charge < -0.3 is 19.6 Å². The van der Waals surface area contributed by atoms with Crippen molar-refractivity contribution in [3.63, 3.8) is 0 Å². The van der Waals surface area contributed by atoms with Gasteiger partial charge in [0.2, 0.25) is 10.0 Å². The number of aromatic amines is 1. The summed E-state index contributed by atoms with van der Waals surface area (Å²) in [5.41, 5.74) is 1.46. The molecule has 8 nitrogen and oxygen atoms in total. The fraction of sp³-hybridized carbons (Fsp3) is 0.318. The van der Waals surface area contributed by atoms with Crippen molar-refractivity contribution in [1.82, 2.24) is 9.29 Å². The van der Waals surface area contributed by atoms with E-state index in [1.807, 2.05) is 6.92 Å². The van der Waals surface area contributed by atoms with E-state index in [4.69, 9.17) is 9.47 Å². The molecule has 0 unspecified atom stereocenters. The first-order valence-corrected chi connectivity index (χ1v) is 11.5. The molecule has 0 amide bonds. The third-order valence-electron chi connectivity index (χ3n) is 5.16. The van der Waals surface area contributed by atoms with E-state index in [0.717, 1.165) is 5.56 Å². The van der Waals surface area contributed by atoms with Crippen molar-refractivity contribution >= 4 is 20.9 Å². The first-order chi connectivity index (χ1) is 14.9. The Morgan fingerprint density at radius 2 is 1.74 bits per heavy atom. The SMILES string of the molecule is Cc1ccc(S(=O)(=O)N(CCCO)Cc2cc3cc4c(cc3[nH]c2=O)OCCO4)cc1. The van der Waals surface area contributed by atoms with Crippen molar-refractivity contribution in [2.75, 3.05) is 26.4 Å². The van der Waals surface area contributed by atoms with Crippen LogP contribution in [0.4, 0.5) is 0 Å². The van der Waals surface area contributed by atoms with Crippen LogP contribution < -0.4 is 15.0 Å². The zero-order chi connectivity index (χ0) is 22.0. The normalized spacial score (nSPS) is 13.6. The number of hydrogen-bond acceptors (Lipinski definition) is 6. The second-order valence-electron chi connectivity index (χ2n) is 7.44. The van der Waals surface area contributed by atoms with E-state index in [1.165, 1.54) is 4.31 Å². The lowest BCUT2D eigenvalue weighted by molar-refractivity contribution is 0.172. The lowest BCUT2D eigenvalue weighted by atomic mass is 10.1. The van der Waals surface area contributed by atoms with Gasteiger partial charge in [-0.25, -0.2) is 8.42 Å². The van der Waals surface area contributed by atoms with Gasteiger partial charge in [0.25, 0.3) is 5.56 Å². The zero-order valence-corrected chi connectivity index (χ0v) is 17.9. The van der Waals surface area contributed by atoms with Gasteiger partial charge in [0.05, 0.1) is 10.4 Å². The second-order valence-corrected chi connectivity index (χ2v) is 9.37. The molecule has 0 saturated heterocycles. The van der Waals surface area contributed by atoms with Crippen LogP contribution in [-0.4, -0.2) is 49.2 Å². The number of nitrogens with one attached hydrogen (secondary N) is 1. The number of aliphatic hydroxyl groups excluding tert-OH is 1. The number of benzene rings is 2. The van der Waals surface area contributed by atoms with Crippen molar-refractivity contribution < 1.29 is 23.0 Å². The van der Waals surface area contributed by atoms with Crippen LogP contribution >= 0.6 is 0 Å². The van der Waals surface area contributed by atoms with Gasteiger partial charge in [-0.05, 0) is 37.6 Å². The van der Waals surface area contributed by atoms with Crippen LogP contribution in [-0.2, 0) is 16.6 Å². The average Bonchev–Trinajstić information content (AvgIpc) is 2.75. The minimum Gasteiger partial charge on any atom is -0.486 e. The number of nitrogens with zero attached hydrogens (tertiary/aromatic N) is 1. The summed E-state index contributed by atoms with van der Waals surface area (Å²) in [7, 11) is -3.85. The third-order valence-corrected chi connectivity index (χ3v) is 7.01. The largest absolute Gasteiger partial charge is 0.486 e. The van der Waals surface area contributed by atoms with Crippen molar-refractivity contribution in [3.8, 4) is 11.5 Å². The summed E-state index contributed by atoms with van der Waals surface area (Å²) in [6, 6.07) is 11.7. The van der Waals surface area contributed by atoms with Crippen LogP contribution in [0.25, 0.3) is 10.9 Å². The van der Waals surface area contributed by atoms with Crippen LogP contribution in [0.15, 0.2) is 52.2 Å². The van der Waals surface area contributed by atoms with Gasteiger partial charge in [0, 0.05) is 36.7 Å². The standard InChI is InChI=1S/C22H24N2O6S/c1-15-3-5-18(6-4-15)31(27,28)24(7-2-8-25)14-17-11-16-12-20-21(30-10-9-29-20)13-19(16)23-22(17)26/h3-6,11-13,25H,2,7-10,14H2,1H3,(H,23,26). The molecule has 4 rings (SSSR count). The summed E-state index contributed by atoms with van der Waals surface area (Å²) in [6.07, 6.45) is 0.259. The van der Waals surface area contributed by atoms with Crippen LogP contribution in [0.1, 0.15) is 17.5 Å². The molecular weight excluding hydrogens is 420 g/mol. The summed E-state index contributed by atoms with van der Waals surface area (Å²) >= 11 is 0. The van der Waals surface area contributed by atoms with E-state index >= 15 is 0 Å². The Morgan fingerprint density at radius 1 is 1.06 bits per heavy atom. The Balaban J connectivity index is 1.71. The molecule has 0 fully saturated rings. The second kappa shape index (κ2) is 8.70. The molecule has 2 N–H and O–H groups in total. The van der Waals surface area contributed by atoms with Gasteiger partial charge in [0.1, 0.15) is 13.2 Å². The van der Waals surface area contributed by atoms with Crippen LogP contribution in [0.5, 0.6) is 11.5 Å². The molecule has 0 spiro atoms. The van der Waals surface area contributed by atoms with E-state index in [9.17, 15) is 18.3 Å². The maximum atomic E-state index is 13.2. The highest BCUT2D eigenvalue weighted by atomic mass is 32.2. The summed E-state index contributed by atoms with van der Waals surface area (Å²) < 4.78 is 38.8. The monoisotopic (exact) mass is 444 g/mol. The number of aromatic nitrogens is 1. The molecule has 2 heterocycles. The quantitative estimate of drug-likeness (QED) is 0.578. The lowest BCUT2D eigenvalue weighted by Crippen LogP contribution is -2.34. The van der Waals surface area contributed by atoms with Crippen molar-refractivity contribution in [2.24, 2.45) is 0 Å². The number of aryl methyl sites for hydroxylation is 1. The topological polar surface area (TPSA) is 109 Å². The minimum atomic E-state index is -3.85. The number of rotatable bonds is 7. The van der Waals surface area contributed by atoms with Crippen LogP contribution in [0.2, 0.25) is 0 Å². The number of sulfonamides is 1. The van der Waals surface area contributed by atoms with Gasteiger partial charge in [-0.2, -0.15) is 4.31 Å². The van der Waals surface area contributed by atoms with E-state index in [1.54, 1.807) is 42.5 Å². The van der Waals surface area contributed by atoms with Crippen molar-refractivity contribution in [3.05, 3.63) is 63.9 Å². The maximum Gasteiger partial charge on any atom is 0.252 e. The number of fused-ring (bicyclic) bond motifs is 2. The van der Waals surface area contributed by atoms with Gasteiger partial charge in [-0.15, -0.1) is 0 Å². The van der Waals surface area contributed by atoms with E-state index in [0.29, 0.717) is 41.2 Å². The molecule has 0 aliphatic carbocycles. The highest BCUT2D eigenvalue weighted by Crippen LogP contribution is 2.33. The highest BCUT2D eigenvalue weighted by molar-refractivity contribution is 7.89. The lowest BCUT2D eigenvalue weighted by Gasteiger charge is -2.22. The predicted octanol–water partition coefficient (Wildman–Crippen LogP) is 2.18. The van der Waals surface area contributed by atoms with Gasteiger partial charge >= 0.3 is 0 Å². The molecular formula is C22H24N2O6S. The average molecular weight is 445 g/mol. The van der Waals surface area contributed by atoms with Crippen molar-refractivity contribution in [1.29, 1.82) is 0 Å². The maximum absolute atomic E-state index is 13.2. The Morgan fingerprint density at radius 3 is 2.42 bits per heavy atom. The molecule has 9 heteroatoms. The molecule has 1 aromatic heterocycles. The number of pyridine rings is 1. The van der Waals surface area contributed by atoms with Crippen molar-refractivity contribution in [2.45, 2.75) is 24.8 Å². The third kappa shape index (κ3) is 4.43. The Labute approximate surface area is 180 Å². The van der Waals surface area contributed by atoms with Gasteiger partial charge in [0.15, 0.2) is 11.5 Å². The fourth-order valence-corrected chi connectivity index (χ4v) is 4.94. The molecule has 0 saturated carbocycles. The smallest absolute Gasteiger partial charge is 0.252 e. The summed E-state index contributed by atoms with van der Waals surface area (Å²) in [5.74, 6) is 1.15. The molecule has 1 aliphatic heterocycles. The molecule has 2 aromatic carbocycles. The number of aliphatic hydroxyl groups is 1. The zero-order valence-electron chi connectivity index (χ0n) is 17.1. The molecule has 0 atom stereocenters. The fourth-order valence-electron chi connectivity index (χ4n) is 3.49. The molecule has 164 valence electrons. The number of hydrogen-bond donors (Lipinski definition) is 2. The molecule has 31 heavy (non-hydrogen) atoms. The number of ether oxygens (including phenoxy) is 2. The summed E-state index contributed by atoms with van der Waals surface area (Å²) in [5, 5.41) is 9.96. The van der Waals surface area contributed by atoms with E-state index < -0.39 is 10.0 Å². The summed E-state index contributed by atoms with van der Waals surface area (Å²) in [6.45, 7) is 2.58. The van der Waals surface area contributed by atoms with E-state index in [2.05, 4.69) is 4.98 Å². The Bertz CT molecular complexity index is 1250. The van der Waals surface area contributed by atoms with Gasteiger partial charge in [-0.3, -0.25) is 4.79 Å². The highest BCUT2D eigenvalue weighted by Gasteiger charge is 2.25. The number of H-pyrrole nitrogens is 1. The van der Waals surface area contributed by atoms with Crippen LogP contribution in [0.3, 0.4) is 0 Å². The molecule has 0 bridgehead atoms. The minimum absolute atomic E-state index is 0.0886. The predicted molar refractivity (Wildman–Crippen MR) is 116 cm³/mol.